The number of hydrogen-bond acceptors (Lipinski definition) is 4. The number of para-hydroxylation sites is 1. The van der Waals surface area contributed by atoms with Crippen LogP contribution in [-0.2, 0) is 4.74 Å². The molecule has 0 amide bonds. The van der Waals surface area contributed by atoms with Gasteiger partial charge in [-0.1, -0.05) is 18.2 Å². The van der Waals surface area contributed by atoms with Gasteiger partial charge in [0, 0.05) is 12.5 Å². The van der Waals surface area contributed by atoms with Crippen molar-refractivity contribution in [2.24, 2.45) is 5.84 Å². The molecule has 1 aromatic heterocycles. The van der Waals surface area contributed by atoms with Gasteiger partial charge >= 0.3 is 0 Å². The maximum atomic E-state index is 5.77. The van der Waals surface area contributed by atoms with E-state index >= 15 is 0 Å². The molecule has 4 heteroatoms. The molecule has 1 heterocycles. The number of fused-ring (bicyclic) bond motifs is 1. The SMILES string of the molecule is COC(C)CC(NN)c1cc2ccccc2o1. The first-order valence-electron chi connectivity index (χ1n) is 5.72. The molecule has 0 saturated carbocycles. The van der Waals surface area contributed by atoms with E-state index in [9.17, 15) is 0 Å². The molecule has 1 aromatic carbocycles. The van der Waals surface area contributed by atoms with E-state index < -0.39 is 0 Å². The third kappa shape index (κ3) is 2.66. The Kier molecular flexibility index (Phi) is 3.78. The third-order valence-electron chi connectivity index (χ3n) is 2.96. The zero-order chi connectivity index (χ0) is 12.3. The van der Waals surface area contributed by atoms with Crippen molar-refractivity contribution in [2.75, 3.05) is 7.11 Å². The van der Waals surface area contributed by atoms with Crippen LogP contribution in [0.3, 0.4) is 0 Å². The molecule has 0 fully saturated rings. The fourth-order valence-electron chi connectivity index (χ4n) is 1.87. The van der Waals surface area contributed by atoms with E-state index in [2.05, 4.69) is 5.43 Å². The number of furan rings is 1. The number of rotatable bonds is 5. The van der Waals surface area contributed by atoms with Crippen LogP contribution < -0.4 is 11.3 Å². The molecule has 2 aromatic rings. The number of nitrogens with two attached hydrogens (primary N) is 1. The Hall–Kier alpha value is -1.36. The van der Waals surface area contributed by atoms with E-state index in [0.29, 0.717) is 0 Å². The lowest BCUT2D eigenvalue weighted by Crippen LogP contribution is -2.30. The summed E-state index contributed by atoms with van der Waals surface area (Å²) in [6.07, 6.45) is 0.900. The van der Waals surface area contributed by atoms with Gasteiger partial charge in [-0.15, -0.1) is 0 Å². The maximum Gasteiger partial charge on any atom is 0.134 e. The quantitative estimate of drug-likeness (QED) is 0.616. The minimum Gasteiger partial charge on any atom is -0.459 e. The Morgan fingerprint density at radius 1 is 1.41 bits per heavy atom. The summed E-state index contributed by atoms with van der Waals surface area (Å²) in [5.74, 6) is 6.41. The monoisotopic (exact) mass is 234 g/mol. The summed E-state index contributed by atoms with van der Waals surface area (Å²) in [7, 11) is 1.69. The highest BCUT2D eigenvalue weighted by Gasteiger charge is 2.17. The van der Waals surface area contributed by atoms with Crippen LogP contribution in [0.2, 0.25) is 0 Å². The van der Waals surface area contributed by atoms with Crippen molar-refractivity contribution in [3.8, 4) is 0 Å². The van der Waals surface area contributed by atoms with Crippen molar-refractivity contribution in [3.63, 3.8) is 0 Å². The summed E-state index contributed by atoms with van der Waals surface area (Å²) in [4.78, 5) is 0. The Labute approximate surface area is 101 Å². The number of nitrogens with one attached hydrogen (secondary N) is 1. The highest BCUT2D eigenvalue weighted by Crippen LogP contribution is 2.26. The first-order chi connectivity index (χ1) is 8.24. The molecule has 0 aliphatic carbocycles. The second-order valence-corrected chi connectivity index (χ2v) is 4.19. The van der Waals surface area contributed by atoms with E-state index in [1.54, 1.807) is 7.11 Å². The van der Waals surface area contributed by atoms with E-state index in [1.165, 1.54) is 0 Å². The van der Waals surface area contributed by atoms with Gasteiger partial charge in [-0.2, -0.15) is 0 Å². The summed E-state index contributed by atoms with van der Waals surface area (Å²) < 4.78 is 11.0. The van der Waals surface area contributed by atoms with Gasteiger partial charge in [0.05, 0.1) is 12.1 Å². The molecule has 0 radical (unpaired) electrons. The van der Waals surface area contributed by atoms with Crippen molar-refractivity contribution >= 4 is 11.0 Å². The smallest absolute Gasteiger partial charge is 0.134 e. The van der Waals surface area contributed by atoms with Gasteiger partial charge in [0.1, 0.15) is 11.3 Å². The van der Waals surface area contributed by atoms with Crippen molar-refractivity contribution in [1.29, 1.82) is 0 Å². The van der Waals surface area contributed by atoms with Crippen LogP contribution in [0.25, 0.3) is 11.0 Å². The molecule has 0 spiro atoms. The minimum atomic E-state index is -0.0302. The Balaban J connectivity index is 2.24. The fraction of sp³-hybridized carbons (Fsp3) is 0.385. The number of ether oxygens (including phenoxy) is 1. The molecule has 2 atom stereocenters. The zero-order valence-electron chi connectivity index (χ0n) is 10.1. The Morgan fingerprint density at radius 2 is 2.18 bits per heavy atom. The second kappa shape index (κ2) is 5.31. The molecule has 0 saturated heterocycles. The molecule has 4 nitrogen and oxygen atoms in total. The first kappa shape index (κ1) is 12.1. The standard InChI is InChI=1S/C13H18N2O2/c1-9(16-2)7-11(15-14)13-8-10-5-3-4-6-12(10)17-13/h3-6,8-9,11,15H,7,14H2,1-2H3. The van der Waals surface area contributed by atoms with Gasteiger partial charge in [0.15, 0.2) is 0 Å². The number of benzene rings is 1. The lowest BCUT2D eigenvalue weighted by molar-refractivity contribution is 0.0978. The topological polar surface area (TPSA) is 60.4 Å². The third-order valence-corrected chi connectivity index (χ3v) is 2.96. The van der Waals surface area contributed by atoms with Crippen LogP contribution in [0.15, 0.2) is 34.7 Å². The van der Waals surface area contributed by atoms with Crippen LogP contribution in [0.5, 0.6) is 0 Å². The summed E-state index contributed by atoms with van der Waals surface area (Å²) in [6, 6.07) is 9.91. The van der Waals surface area contributed by atoms with Gasteiger partial charge in [-0.05, 0) is 25.5 Å². The molecule has 92 valence electrons. The molecule has 2 unspecified atom stereocenters. The van der Waals surface area contributed by atoms with Gasteiger partial charge < -0.3 is 9.15 Å². The highest BCUT2D eigenvalue weighted by atomic mass is 16.5. The normalized spacial score (nSPS) is 15.0. The van der Waals surface area contributed by atoms with Crippen LogP contribution in [0.1, 0.15) is 25.1 Å². The molecule has 2 rings (SSSR count). The van der Waals surface area contributed by atoms with Gasteiger partial charge in [0.25, 0.3) is 0 Å². The molecule has 3 N–H and O–H groups in total. The molecule has 17 heavy (non-hydrogen) atoms. The van der Waals surface area contributed by atoms with Crippen molar-refractivity contribution in [2.45, 2.75) is 25.5 Å². The predicted octanol–water partition coefficient (Wildman–Crippen LogP) is 2.36. The van der Waals surface area contributed by atoms with Crippen molar-refractivity contribution < 1.29 is 9.15 Å². The van der Waals surface area contributed by atoms with Gasteiger partial charge in [-0.25, -0.2) is 5.43 Å². The molecule has 0 aliphatic heterocycles. The van der Waals surface area contributed by atoms with Gasteiger partial charge in [-0.3, -0.25) is 5.84 Å². The molecule has 0 aliphatic rings. The average Bonchev–Trinajstić information content (AvgIpc) is 2.78. The number of hydrazine groups is 1. The number of methoxy groups -OCH3 is 1. The summed E-state index contributed by atoms with van der Waals surface area (Å²) >= 11 is 0. The fourth-order valence-corrected chi connectivity index (χ4v) is 1.87. The van der Waals surface area contributed by atoms with Crippen LogP contribution in [0, 0.1) is 0 Å². The average molecular weight is 234 g/mol. The highest BCUT2D eigenvalue weighted by molar-refractivity contribution is 5.77. The van der Waals surface area contributed by atoms with Crippen molar-refractivity contribution in [3.05, 3.63) is 36.1 Å². The van der Waals surface area contributed by atoms with Crippen LogP contribution in [-0.4, -0.2) is 13.2 Å². The van der Waals surface area contributed by atoms with E-state index in [0.717, 1.165) is 23.2 Å². The first-order valence-corrected chi connectivity index (χ1v) is 5.72. The van der Waals surface area contributed by atoms with Crippen molar-refractivity contribution in [1.82, 2.24) is 5.43 Å². The van der Waals surface area contributed by atoms with Gasteiger partial charge in [0.2, 0.25) is 0 Å². The Morgan fingerprint density at radius 3 is 2.82 bits per heavy atom. The van der Waals surface area contributed by atoms with Crippen LogP contribution >= 0.6 is 0 Å². The number of hydrogen-bond donors (Lipinski definition) is 2. The van der Waals surface area contributed by atoms with Crippen LogP contribution in [0.4, 0.5) is 0 Å². The van der Waals surface area contributed by atoms with E-state index in [1.807, 2.05) is 37.3 Å². The maximum absolute atomic E-state index is 5.77. The molecular formula is C13H18N2O2. The van der Waals surface area contributed by atoms with E-state index in [4.69, 9.17) is 15.0 Å². The molecule has 0 bridgehead atoms. The lowest BCUT2D eigenvalue weighted by atomic mass is 10.1. The molecular weight excluding hydrogens is 216 g/mol. The lowest BCUT2D eigenvalue weighted by Gasteiger charge is -2.17. The second-order valence-electron chi connectivity index (χ2n) is 4.19. The summed E-state index contributed by atoms with van der Waals surface area (Å²) in [6.45, 7) is 2.01. The Bertz CT molecular complexity index is 448. The summed E-state index contributed by atoms with van der Waals surface area (Å²) in [5, 5.41) is 1.09. The minimum absolute atomic E-state index is 0.0302. The summed E-state index contributed by atoms with van der Waals surface area (Å²) in [5.41, 5.74) is 3.65. The predicted molar refractivity (Wildman–Crippen MR) is 67.4 cm³/mol. The van der Waals surface area contributed by atoms with E-state index in [-0.39, 0.29) is 12.1 Å². The zero-order valence-corrected chi connectivity index (χ0v) is 10.1. The largest absolute Gasteiger partial charge is 0.459 e.